The zero-order valence-corrected chi connectivity index (χ0v) is 11.2. The molecule has 90 valence electrons. The molecule has 1 rings (SSSR count). The highest BCUT2D eigenvalue weighted by Gasteiger charge is 2.17. The summed E-state index contributed by atoms with van der Waals surface area (Å²) in [4.78, 5) is 0. The number of hydrogen-bond donors (Lipinski definition) is 1. The molecule has 1 nitrogen and oxygen atoms in total. The second kappa shape index (κ2) is 7.56. The van der Waals surface area contributed by atoms with E-state index in [-0.39, 0.29) is 0 Å². The first-order chi connectivity index (χ1) is 7.22. The van der Waals surface area contributed by atoms with Crippen molar-refractivity contribution < 1.29 is 0 Å². The second-order valence-electron chi connectivity index (χ2n) is 5.13. The van der Waals surface area contributed by atoms with Gasteiger partial charge in [-0.15, -0.1) is 0 Å². The Morgan fingerprint density at radius 3 is 2.60 bits per heavy atom. The molecular weight excluding hydrogens is 202 g/mol. The first kappa shape index (κ1) is 13.4. The first-order valence-electron chi connectivity index (χ1n) is 6.59. The van der Waals surface area contributed by atoms with Gasteiger partial charge in [0.2, 0.25) is 0 Å². The van der Waals surface area contributed by atoms with Crippen molar-refractivity contribution in [3.05, 3.63) is 0 Å². The van der Waals surface area contributed by atoms with Crippen molar-refractivity contribution >= 4 is 11.8 Å². The maximum atomic E-state index is 6.16. The van der Waals surface area contributed by atoms with Crippen LogP contribution in [0.5, 0.6) is 0 Å². The third-order valence-electron chi connectivity index (χ3n) is 3.33. The van der Waals surface area contributed by atoms with Crippen LogP contribution in [0.3, 0.4) is 0 Å². The molecule has 2 heteroatoms. The number of nitrogens with two attached hydrogens (primary N) is 1. The van der Waals surface area contributed by atoms with Crippen LogP contribution in [0.1, 0.15) is 58.8 Å². The fourth-order valence-corrected chi connectivity index (χ4v) is 3.83. The van der Waals surface area contributed by atoms with E-state index in [0.29, 0.717) is 6.04 Å². The lowest BCUT2D eigenvalue weighted by Crippen LogP contribution is -2.26. The van der Waals surface area contributed by atoms with Gasteiger partial charge in [-0.25, -0.2) is 0 Å². The molecule has 0 bridgehead atoms. The Morgan fingerprint density at radius 1 is 1.33 bits per heavy atom. The molecule has 0 aromatic carbocycles. The van der Waals surface area contributed by atoms with Crippen molar-refractivity contribution in [1.29, 1.82) is 0 Å². The van der Waals surface area contributed by atoms with Gasteiger partial charge in [0.1, 0.15) is 0 Å². The average molecular weight is 229 g/mol. The third-order valence-corrected chi connectivity index (χ3v) is 4.90. The van der Waals surface area contributed by atoms with Crippen LogP contribution in [0.15, 0.2) is 0 Å². The molecule has 1 fully saturated rings. The fraction of sp³-hybridized carbons (Fsp3) is 1.00. The molecule has 0 aromatic heterocycles. The normalized spacial score (nSPS) is 21.8. The van der Waals surface area contributed by atoms with Gasteiger partial charge in [-0.1, -0.05) is 39.5 Å². The Hall–Kier alpha value is 0.310. The minimum Gasteiger partial charge on any atom is -0.327 e. The van der Waals surface area contributed by atoms with E-state index in [9.17, 15) is 0 Å². The summed E-state index contributed by atoms with van der Waals surface area (Å²) < 4.78 is 0. The standard InChI is InChI=1S/C13H27NS/c1-3-6-11(2)9-12(14)10-15-13-7-4-5-8-13/h11-13H,3-10,14H2,1-2H3. The van der Waals surface area contributed by atoms with Crippen LogP contribution in [0.2, 0.25) is 0 Å². The highest BCUT2D eigenvalue weighted by atomic mass is 32.2. The number of thioether (sulfide) groups is 1. The molecule has 0 saturated heterocycles. The van der Waals surface area contributed by atoms with Crippen molar-refractivity contribution in [3.63, 3.8) is 0 Å². The second-order valence-corrected chi connectivity index (χ2v) is 6.46. The molecule has 0 aromatic rings. The van der Waals surface area contributed by atoms with E-state index in [2.05, 4.69) is 25.6 Å². The van der Waals surface area contributed by atoms with Crippen LogP contribution in [-0.2, 0) is 0 Å². The molecule has 15 heavy (non-hydrogen) atoms. The fourth-order valence-electron chi connectivity index (χ4n) is 2.51. The van der Waals surface area contributed by atoms with Crippen LogP contribution < -0.4 is 5.73 Å². The average Bonchev–Trinajstić information content (AvgIpc) is 2.67. The van der Waals surface area contributed by atoms with E-state index >= 15 is 0 Å². The molecule has 0 aliphatic heterocycles. The molecular formula is C13H27NS. The summed E-state index contributed by atoms with van der Waals surface area (Å²) >= 11 is 2.13. The van der Waals surface area contributed by atoms with Crippen molar-refractivity contribution in [2.45, 2.75) is 70.1 Å². The van der Waals surface area contributed by atoms with Gasteiger partial charge in [0, 0.05) is 17.0 Å². The monoisotopic (exact) mass is 229 g/mol. The summed E-state index contributed by atoms with van der Waals surface area (Å²) in [6.45, 7) is 4.60. The molecule has 1 aliphatic carbocycles. The summed E-state index contributed by atoms with van der Waals surface area (Å²) in [7, 11) is 0. The predicted molar refractivity (Wildman–Crippen MR) is 71.4 cm³/mol. The maximum Gasteiger partial charge on any atom is 0.0133 e. The Bertz CT molecular complexity index is 155. The zero-order valence-electron chi connectivity index (χ0n) is 10.4. The van der Waals surface area contributed by atoms with Crippen LogP contribution in [0.4, 0.5) is 0 Å². The summed E-state index contributed by atoms with van der Waals surface area (Å²) in [5.41, 5.74) is 6.16. The van der Waals surface area contributed by atoms with E-state index in [1.807, 2.05) is 0 Å². The first-order valence-corrected chi connectivity index (χ1v) is 7.64. The van der Waals surface area contributed by atoms with E-state index in [1.54, 1.807) is 0 Å². The van der Waals surface area contributed by atoms with E-state index < -0.39 is 0 Å². The van der Waals surface area contributed by atoms with E-state index in [0.717, 1.165) is 11.2 Å². The summed E-state index contributed by atoms with van der Waals surface area (Å²) in [6.07, 6.45) is 9.60. The van der Waals surface area contributed by atoms with Crippen LogP contribution in [0, 0.1) is 5.92 Å². The van der Waals surface area contributed by atoms with Crippen molar-refractivity contribution in [2.75, 3.05) is 5.75 Å². The topological polar surface area (TPSA) is 26.0 Å². The van der Waals surface area contributed by atoms with Gasteiger partial charge in [-0.05, 0) is 25.2 Å². The molecule has 1 saturated carbocycles. The SMILES string of the molecule is CCCC(C)CC(N)CSC1CCCC1. The van der Waals surface area contributed by atoms with Crippen molar-refractivity contribution in [3.8, 4) is 0 Å². The highest BCUT2D eigenvalue weighted by molar-refractivity contribution is 7.99. The molecule has 1 aliphatic rings. The highest BCUT2D eigenvalue weighted by Crippen LogP contribution is 2.30. The van der Waals surface area contributed by atoms with Crippen molar-refractivity contribution in [2.24, 2.45) is 11.7 Å². The Kier molecular flexibility index (Phi) is 6.74. The Balaban J connectivity index is 2.04. The van der Waals surface area contributed by atoms with Gasteiger partial charge in [-0.3, -0.25) is 0 Å². The van der Waals surface area contributed by atoms with Gasteiger partial charge >= 0.3 is 0 Å². The Morgan fingerprint density at radius 2 is 2.00 bits per heavy atom. The van der Waals surface area contributed by atoms with E-state index in [1.165, 1.54) is 50.7 Å². The lowest BCUT2D eigenvalue weighted by Gasteiger charge is -2.18. The largest absolute Gasteiger partial charge is 0.327 e. The minimum atomic E-state index is 0.428. The van der Waals surface area contributed by atoms with Crippen LogP contribution >= 0.6 is 11.8 Å². The molecule has 2 unspecified atom stereocenters. The van der Waals surface area contributed by atoms with Gasteiger partial charge in [0.15, 0.2) is 0 Å². The molecule has 0 radical (unpaired) electrons. The Labute approximate surface area is 99.6 Å². The van der Waals surface area contributed by atoms with Gasteiger partial charge in [-0.2, -0.15) is 11.8 Å². The lowest BCUT2D eigenvalue weighted by molar-refractivity contribution is 0.450. The molecule has 0 spiro atoms. The molecule has 0 heterocycles. The summed E-state index contributed by atoms with van der Waals surface area (Å²) in [6, 6.07) is 0.428. The van der Waals surface area contributed by atoms with Crippen LogP contribution in [-0.4, -0.2) is 17.0 Å². The molecule has 2 N–H and O–H groups in total. The van der Waals surface area contributed by atoms with Crippen LogP contribution in [0.25, 0.3) is 0 Å². The smallest absolute Gasteiger partial charge is 0.0133 e. The maximum absolute atomic E-state index is 6.16. The molecule has 2 atom stereocenters. The number of hydrogen-bond acceptors (Lipinski definition) is 2. The van der Waals surface area contributed by atoms with Gasteiger partial charge < -0.3 is 5.73 Å². The lowest BCUT2D eigenvalue weighted by atomic mass is 9.99. The van der Waals surface area contributed by atoms with Gasteiger partial charge in [0.05, 0.1) is 0 Å². The van der Waals surface area contributed by atoms with Gasteiger partial charge in [0.25, 0.3) is 0 Å². The predicted octanol–water partition coefficient (Wildman–Crippen LogP) is 3.82. The zero-order chi connectivity index (χ0) is 11.1. The minimum absolute atomic E-state index is 0.428. The summed E-state index contributed by atoms with van der Waals surface area (Å²) in [5, 5.41) is 0.928. The number of rotatable bonds is 7. The third kappa shape index (κ3) is 5.82. The van der Waals surface area contributed by atoms with E-state index in [4.69, 9.17) is 5.73 Å². The van der Waals surface area contributed by atoms with Crippen molar-refractivity contribution in [1.82, 2.24) is 0 Å². The quantitative estimate of drug-likeness (QED) is 0.718. The molecule has 0 amide bonds. The summed E-state index contributed by atoms with van der Waals surface area (Å²) in [5.74, 6) is 1.99.